The molecule has 0 aliphatic carbocycles. The minimum absolute atomic E-state index is 0.147. The van der Waals surface area contributed by atoms with Crippen molar-refractivity contribution in [2.24, 2.45) is 0 Å². The average molecular weight is 485 g/mol. The summed E-state index contributed by atoms with van der Waals surface area (Å²) in [5, 5.41) is 2.90. The maximum atomic E-state index is 12.5. The van der Waals surface area contributed by atoms with E-state index in [9.17, 15) is 13.2 Å². The van der Waals surface area contributed by atoms with Crippen LogP contribution in [0.4, 0.5) is 0 Å². The lowest BCUT2D eigenvalue weighted by Crippen LogP contribution is -2.31. The number of hydrogen-bond donors (Lipinski definition) is 2. The molecule has 174 valence electrons. The molecule has 1 atom stereocenters. The van der Waals surface area contributed by atoms with Crippen LogP contribution in [0.5, 0.6) is 5.75 Å². The Kier molecular flexibility index (Phi) is 8.94. The third kappa shape index (κ3) is 7.63. The highest BCUT2D eigenvalue weighted by Gasteiger charge is 2.14. The average Bonchev–Trinajstić information content (AvgIpc) is 2.83. The van der Waals surface area contributed by atoms with Crippen LogP contribution in [-0.4, -0.2) is 33.7 Å². The Balaban J connectivity index is 1.46. The van der Waals surface area contributed by atoms with E-state index in [1.165, 1.54) is 12.1 Å². The first-order chi connectivity index (χ1) is 15.9. The minimum atomic E-state index is -3.62. The second kappa shape index (κ2) is 11.9. The fourth-order valence-corrected chi connectivity index (χ4v) is 4.62. The van der Waals surface area contributed by atoms with Gasteiger partial charge in [0.1, 0.15) is 5.75 Å². The second-order valence-corrected chi connectivity index (χ2v) is 10.1. The number of hydrogen-bond acceptors (Lipinski definition) is 5. The van der Waals surface area contributed by atoms with Gasteiger partial charge in [0.15, 0.2) is 6.61 Å². The Morgan fingerprint density at radius 1 is 0.970 bits per heavy atom. The molecule has 3 aromatic rings. The van der Waals surface area contributed by atoms with Crippen molar-refractivity contribution in [3.05, 3.63) is 90.0 Å². The zero-order chi connectivity index (χ0) is 23.7. The van der Waals surface area contributed by atoms with Crippen LogP contribution in [-0.2, 0) is 21.2 Å². The van der Waals surface area contributed by atoms with E-state index in [4.69, 9.17) is 4.74 Å². The molecule has 33 heavy (non-hydrogen) atoms. The third-order valence-corrected chi connectivity index (χ3v) is 7.27. The molecule has 0 saturated heterocycles. The van der Waals surface area contributed by atoms with Gasteiger partial charge in [-0.1, -0.05) is 42.5 Å². The van der Waals surface area contributed by atoms with Gasteiger partial charge in [-0.3, -0.25) is 4.79 Å². The Hall–Kier alpha value is -2.81. The first kappa shape index (κ1) is 24.8. The van der Waals surface area contributed by atoms with Crippen molar-refractivity contribution in [2.45, 2.75) is 29.2 Å². The standard InChI is InChI=1S/C25H28N2O4S2/c1-19(21-8-12-23(32-2)13-9-21)27-25(28)18-31-22-10-14-24(15-11-22)33(29,30)26-17-16-20-6-4-3-5-7-20/h3-15,19,26H,16-18H2,1-2H3,(H,27,28)/t19-/m0/s1. The SMILES string of the molecule is CSc1ccc([C@H](C)NC(=O)COc2ccc(S(=O)(=O)NCCc3ccccc3)cc2)cc1. The molecule has 3 aromatic carbocycles. The van der Waals surface area contributed by atoms with Crippen molar-refractivity contribution in [2.75, 3.05) is 19.4 Å². The Morgan fingerprint density at radius 3 is 2.27 bits per heavy atom. The Morgan fingerprint density at radius 2 is 1.64 bits per heavy atom. The zero-order valence-corrected chi connectivity index (χ0v) is 20.3. The van der Waals surface area contributed by atoms with Crippen LogP contribution in [0, 0.1) is 0 Å². The van der Waals surface area contributed by atoms with E-state index < -0.39 is 10.0 Å². The van der Waals surface area contributed by atoms with Crippen molar-refractivity contribution in [1.29, 1.82) is 0 Å². The van der Waals surface area contributed by atoms with Gasteiger partial charge in [-0.05, 0) is 67.1 Å². The highest BCUT2D eigenvalue weighted by molar-refractivity contribution is 7.98. The molecule has 3 rings (SSSR count). The molecule has 6 nitrogen and oxygen atoms in total. The van der Waals surface area contributed by atoms with E-state index in [1.807, 2.05) is 67.8 Å². The highest BCUT2D eigenvalue weighted by atomic mass is 32.2. The summed E-state index contributed by atoms with van der Waals surface area (Å²) >= 11 is 1.67. The fraction of sp³-hybridized carbons (Fsp3) is 0.240. The quantitative estimate of drug-likeness (QED) is 0.399. The highest BCUT2D eigenvalue weighted by Crippen LogP contribution is 2.19. The summed E-state index contributed by atoms with van der Waals surface area (Å²) in [7, 11) is -3.62. The summed E-state index contributed by atoms with van der Waals surface area (Å²) in [6.07, 6.45) is 2.62. The van der Waals surface area contributed by atoms with E-state index in [2.05, 4.69) is 10.0 Å². The first-order valence-corrected chi connectivity index (χ1v) is 13.3. The normalized spacial score (nSPS) is 12.2. The number of sulfonamides is 1. The smallest absolute Gasteiger partial charge is 0.258 e. The van der Waals surface area contributed by atoms with Crippen molar-refractivity contribution < 1.29 is 17.9 Å². The molecule has 0 fully saturated rings. The predicted molar refractivity (Wildman–Crippen MR) is 132 cm³/mol. The van der Waals surface area contributed by atoms with Gasteiger partial charge in [0, 0.05) is 11.4 Å². The number of nitrogens with one attached hydrogen (secondary N) is 2. The monoisotopic (exact) mass is 484 g/mol. The van der Waals surface area contributed by atoms with Gasteiger partial charge in [0.25, 0.3) is 5.91 Å². The summed E-state index contributed by atoms with van der Waals surface area (Å²) in [5.41, 5.74) is 2.07. The molecular formula is C25H28N2O4S2. The largest absolute Gasteiger partial charge is 0.484 e. The molecule has 8 heteroatoms. The van der Waals surface area contributed by atoms with Crippen LogP contribution in [0.25, 0.3) is 0 Å². The van der Waals surface area contributed by atoms with Crippen molar-refractivity contribution >= 4 is 27.7 Å². The number of carbonyl (C=O) groups is 1. The number of rotatable bonds is 11. The maximum absolute atomic E-state index is 12.5. The molecule has 0 aromatic heterocycles. The van der Waals surface area contributed by atoms with E-state index in [0.29, 0.717) is 18.7 Å². The lowest BCUT2D eigenvalue weighted by molar-refractivity contribution is -0.123. The number of benzene rings is 3. The lowest BCUT2D eigenvalue weighted by Gasteiger charge is -2.15. The minimum Gasteiger partial charge on any atom is -0.484 e. The third-order valence-electron chi connectivity index (χ3n) is 5.05. The van der Waals surface area contributed by atoms with Gasteiger partial charge in [0.05, 0.1) is 10.9 Å². The van der Waals surface area contributed by atoms with Crippen molar-refractivity contribution in [3.63, 3.8) is 0 Å². The first-order valence-electron chi connectivity index (χ1n) is 10.6. The van der Waals surface area contributed by atoms with E-state index in [-0.39, 0.29) is 23.5 Å². The molecule has 0 unspecified atom stereocenters. The summed E-state index contributed by atoms with van der Waals surface area (Å²) < 4.78 is 33.1. The van der Waals surface area contributed by atoms with Crippen LogP contribution < -0.4 is 14.8 Å². The van der Waals surface area contributed by atoms with Crippen LogP contribution in [0.15, 0.2) is 88.7 Å². The number of thioether (sulfide) groups is 1. The lowest BCUT2D eigenvalue weighted by atomic mass is 10.1. The topological polar surface area (TPSA) is 84.5 Å². The van der Waals surface area contributed by atoms with Gasteiger partial charge in [-0.2, -0.15) is 0 Å². The zero-order valence-electron chi connectivity index (χ0n) is 18.7. The molecule has 0 bridgehead atoms. The molecule has 0 spiro atoms. The van der Waals surface area contributed by atoms with Crippen LogP contribution >= 0.6 is 11.8 Å². The van der Waals surface area contributed by atoms with E-state index >= 15 is 0 Å². The molecule has 1 amide bonds. The van der Waals surface area contributed by atoms with Crippen LogP contribution in [0.2, 0.25) is 0 Å². The predicted octanol–water partition coefficient (Wildman–Crippen LogP) is 4.19. The maximum Gasteiger partial charge on any atom is 0.258 e. The van der Waals surface area contributed by atoms with Gasteiger partial charge in [-0.15, -0.1) is 11.8 Å². The van der Waals surface area contributed by atoms with Gasteiger partial charge in [-0.25, -0.2) is 13.1 Å². The molecule has 0 radical (unpaired) electrons. The van der Waals surface area contributed by atoms with Gasteiger partial charge >= 0.3 is 0 Å². The van der Waals surface area contributed by atoms with Crippen molar-refractivity contribution in [3.8, 4) is 5.75 Å². The number of carbonyl (C=O) groups excluding carboxylic acids is 1. The summed E-state index contributed by atoms with van der Waals surface area (Å²) in [6, 6.07) is 23.6. The summed E-state index contributed by atoms with van der Waals surface area (Å²) in [6.45, 7) is 2.06. The van der Waals surface area contributed by atoms with E-state index in [0.717, 1.165) is 16.0 Å². The van der Waals surface area contributed by atoms with Crippen LogP contribution in [0.3, 0.4) is 0 Å². The molecular weight excluding hydrogens is 456 g/mol. The fourth-order valence-electron chi connectivity index (χ4n) is 3.18. The molecule has 0 heterocycles. The summed E-state index contributed by atoms with van der Waals surface area (Å²) in [4.78, 5) is 13.6. The molecule has 0 aliphatic heterocycles. The molecule has 0 saturated carbocycles. The number of ether oxygens (including phenoxy) is 1. The molecule has 2 N–H and O–H groups in total. The van der Waals surface area contributed by atoms with Crippen LogP contribution in [0.1, 0.15) is 24.1 Å². The second-order valence-electron chi connectivity index (χ2n) is 7.46. The Labute approximate surface area is 199 Å². The van der Waals surface area contributed by atoms with Crippen molar-refractivity contribution in [1.82, 2.24) is 10.0 Å². The summed E-state index contributed by atoms with van der Waals surface area (Å²) in [5.74, 6) is 0.168. The number of amides is 1. The van der Waals surface area contributed by atoms with Gasteiger partial charge in [0.2, 0.25) is 10.0 Å². The Bertz CT molecular complexity index is 1130. The van der Waals surface area contributed by atoms with E-state index in [1.54, 1.807) is 23.9 Å². The molecule has 0 aliphatic rings. The van der Waals surface area contributed by atoms with Gasteiger partial charge < -0.3 is 10.1 Å².